The molecule has 0 aliphatic carbocycles. The van der Waals surface area contributed by atoms with Gasteiger partial charge in [-0.05, 0) is 41.3 Å². The Morgan fingerprint density at radius 1 is 1.18 bits per heavy atom. The third kappa shape index (κ3) is 4.93. The highest BCUT2D eigenvalue weighted by molar-refractivity contribution is 6.05. The summed E-state index contributed by atoms with van der Waals surface area (Å²) in [6.07, 6.45) is -0.647. The van der Waals surface area contributed by atoms with Gasteiger partial charge in [-0.25, -0.2) is 4.39 Å². The second-order valence-electron chi connectivity index (χ2n) is 8.71. The Balaban J connectivity index is 1.39. The first-order valence-electron chi connectivity index (χ1n) is 11.1. The molecule has 8 nitrogen and oxygen atoms in total. The Bertz CT molecular complexity index is 1130. The van der Waals surface area contributed by atoms with E-state index in [1.54, 1.807) is 56.6 Å². The van der Waals surface area contributed by atoms with Crippen LogP contribution in [0.3, 0.4) is 0 Å². The summed E-state index contributed by atoms with van der Waals surface area (Å²) in [7, 11) is 3.29. The maximum Gasteiger partial charge on any atom is 0.259 e. The molecule has 1 fully saturated rings. The van der Waals surface area contributed by atoms with Gasteiger partial charge in [-0.1, -0.05) is 24.3 Å². The zero-order valence-electron chi connectivity index (χ0n) is 19.0. The van der Waals surface area contributed by atoms with E-state index < -0.39 is 18.1 Å². The number of likely N-dealkylation sites (N-methyl/N-ethyl adjacent to an activating group) is 1. The van der Waals surface area contributed by atoms with Crippen LogP contribution in [0.15, 0.2) is 42.5 Å². The average Bonchev–Trinajstić information content (AvgIpc) is 3.13. The minimum Gasteiger partial charge on any atom is -0.484 e. The number of hydrogen-bond donors (Lipinski definition) is 1. The lowest BCUT2D eigenvalue weighted by molar-refractivity contribution is -0.137. The van der Waals surface area contributed by atoms with Gasteiger partial charge in [-0.15, -0.1) is 0 Å². The van der Waals surface area contributed by atoms with Crippen LogP contribution in [0.2, 0.25) is 0 Å². The Labute approximate surface area is 196 Å². The van der Waals surface area contributed by atoms with E-state index in [-0.39, 0.29) is 43.7 Å². The number of nitrogens with one attached hydrogen (secondary N) is 1. The Hall–Kier alpha value is -3.75. The van der Waals surface area contributed by atoms with E-state index >= 15 is 0 Å². The summed E-state index contributed by atoms with van der Waals surface area (Å²) in [4.78, 5) is 50.9. The lowest BCUT2D eigenvalue weighted by atomic mass is 9.99. The van der Waals surface area contributed by atoms with Crippen LogP contribution in [0.4, 0.5) is 4.39 Å². The van der Waals surface area contributed by atoms with Crippen LogP contribution < -0.4 is 10.1 Å². The first-order valence-corrected chi connectivity index (χ1v) is 11.1. The van der Waals surface area contributed by atoms with Gasteiger partial charge in [0.25, 0.3) is 11.8 Å². The molecule has 9 heteroatoms. The highest BCUT2D eigenvalue weighted by Crippen LogP contribution is 2.30. The van der Waals surface area contributed by atoms with Crippen LogP contribution in [0.25, 0.3) is 0 Å². The smallest absolute Gasteiger partial charge is 0.259 e. The van der Waals surface area contributed by atoms with Crippen molar-refractivity contribution in [2.75, 3.05) is 20.7 Å². The van der Waals surface area contributed by atoms with Crippen molar-refractivity contribution in [3.63, 3.8) is 0 Å². The van der Waals surface area contributed by atoms with Gasteiger partial charge in [0, 0.05) is 39.0 Å². The van der Waals surface area contributed by atoms with Gasteiger partial charge in [-0.2, -0.15) is 0 Å². The second kappa shape index (κ2) is 9.62. The zero-order valence-corrected chi connectivity index (χ0v) is 19.0. The summed E-state index contributed by atoms with van der Waals surface area (Å²) in [5, 5.41) is 2.28. The molecule has 2 unspecified atom stereocenters. The number of carbonyl (C=O) groups is 4. The zero-order chi connectivity index (χ0) is 24.4. The lowest BCUT2D eigenvalue weighted by Gasteiger charge is -2.29. The fourth-order valence-corrected chi connectivity index (χ4v) is 4.13. The molecule has 2 atom stereocenters. The fourth-order valence-electron chi connectivity index (χ4n) is 4.13. The Morgan fingerprint density at radius 3 is 2.59 bits per heavy atom. The van der Waals surface area contributed by atoms with E-state index in [2.05, 4.69) is 5.32 Å². The highest BCUT2D eigenvalue weighted by atomic mass is 19.1. The molecule has 4 rings (SSSR count). The molecule has 1 N–H and O–H groups in total. The molecule has 0 spiro atoms. The first kappa shape index (κ1) is 23.4. The van der Waals surface area contributed by atoms with Gasteiger partial charge in [0.1, 0.15) is 18.0 Å². The van der Waals surface area contributed by atoms with Crippen molar-refractivity contribution in [3.8, 4) is 5.75 Å². The minimum absolute atomic E-state index is 0.0882. The van der Waals surface area contributed by atoms with E-state index in [9.17, 15) is 23.6 Å². The van der Waals surface area contributed by atoms with E-state index in [1.807, 2.05) is 0 Å². The molecular formula is C25H26FN3O5. The molecule has 0 aromatic heterocycles. The van der Waals surface area contributed by atoms with Crippen molar-refractivity contribution < 1.29 is 28.3 Å². The van der Waals surface area contributed by atoms with Gasteiger partial charge in [-0.3, -0.25) is 24.5 Å². The molecular weight excluding hydrogens is 441 g/mol. The molecule has 2 aliphatic rings. The topological polar surface area (TPSA) is 96.0 Å². The van der Waals surface area contributed by atoms with Crippen molar-refractivity contribution in [2.24, 2.45) is 0 Å². The standard InChI is InChI=1S/C25H26FN3O5/c1-28(2)23(31)14-34-18-6-4-16(5-7-18)20(26)12-15-3-8-19-17(11-15)13-29(25(19)33)21-9-10-22(30)27-24(21)32/h3-8,11,20-21H,9-10,12-14H2,1-2H3,(H,27,30,32). The number of fused-ring (bicyclic) bond motifs is 1. The molecule has 0 saturated carbocycles. The van der Waals surface area contributed by atoms with Crippen LogP contribution in [-0.4, -0.2) is 60.2 Å². The fraction of sp³-hybridized carbons (Fsp3) is 0.360. The maximum atomic E-state index is 15.0. The van der Waals surface area contributed by atoms with Gasteiger partial charge in [0.05, 0.1) is 0 Å². The molecule has 0 bridgehead atoms. The predicted octanol–water partition coefficient (Wildman–Crippen LogP) is 2.17. The van der Waals surface area contributed by atoms with Gasteiger partial charge >= 0.3 is 0 Å². The number of carbonyl (C=O) groups excluding carboxylic acids is 4. The van der Waals surface area contributed by atoms with E-state index in [0.717, 1.165) is 11.1 Å². The Morgan fingerprint density at radius 2 is 1.91 bits per heavy atom. The molecule has 4 amide bonds. The largest absolute Gasteiger partial charge is 0.484 e. The van der Waals surface area contributed by atoms with Crippen LogP contribution >= 0.6 is 0 Å². The molecule has 178 valence electrons. The molecule has 2 heterocycles. The van der Waals surface area contributed by atoms with Crippen molar-refractivity contribution >= 4 is 23.6 Å². The minimum atomic E-state index is -1.26. The third-order valence-corrected chi connectivity index (χ3v) is 6.11. The first-order chi connectivity index (χ1) is 16.2. The maximum absolute atomic E-state index is 15.0. The van der Waals surface area contributed by atoms with Crippen LogP contribution in [0.1, 0.15) is 46.1 Å². The summed E-state index contributed by atoms with van der Waals surface area (Å²) in [6, 6.07) is 11.0. The number of amides is 4. The van der Waals surface area contributed by atoms with Crippen LogP contribution in [-0.2, 0) is 27.3 Å². The number of nitrogens with zero attached hydrogens (tertiary/aromatic N) is 2. The number of ether oxygens (including phenoxy) is 1. The molecule has 2 aromatic carbocycles. The van der Waals surface area contributed by atoms with Crippen molar-refractivity contribution in [1.29, 1.82) is 0 Å². The van der Waals surface area contributed by atoms with E-state index in [0.29, 0.717) is 23.3 Å². The normalized spacial score (nSPS) is 18.4. The quantitative estimate of drug-likeness (QED) is 0.630. The monoisotopic (exact) mass is 467 g/mol. The van der Waals surface area contributed by atoms with E-state index in [4.69, 9.17) is 4.74 Å². The summed E-state index contributed by atoms with van der Waals surface area (Å²) in [5.41, 5.74) is 2.46. The van der Waals surface area contributed by atoms with Crippen LogP contribution in [0, 0.1) is 0 Å². The highest BCUT2D eigenvalue weighted by Gasteiger charge is 2.39. The molecule has 34 heavy (non-hydrogen) atoms. The average molecular weight is 467 g/mol. The van der Waals surface area contributed by atoms with Crippen molar-refractivity contribution in [2.45, 2.75) is 38.0 Å². The van der Waals surface area contributed by atoms with Gasteiger partial charge < -0.3 is 14.5 Å². The number of rotatable bonds is 7. The van der Waals surface area contributed by atoms with Crippen molar-refractivity contribution in [1.82, 2.24) is 15.1 Å². The number of hydrogen-bond acceptors (Lipinski definition) is 5. The van der Waals surface area contributed by atoms with Gasteiger partial charge in [0.2, 0.25) is 11.8 Å². The van der Waals surface area contributed by atoms with Crippen LogP contribution in [0.5, 0.6) is 5.75 Å². The number of benzene rings is 2. The van der Waals surface area contributed by atoms with E-state index in [1.165, 1.54) is 9.80 Å². The Kier molecular flexibility index (Phi) is 6.63. The summed E-state index contributed by atoms with van der Waals surface area (Å²) >= 11 is 0. The predicted molar refractivity (Wildman–Crippen MR) is 121 cm³/mol. The number of halogens is 1. The number of alkyl halides is 1. The summed E-state index contributed by atoms with van der Waals surface area (Å²) in [6.45, 7) is 0.165. The second-order valence-corrected chi connectivity index (χ2v) is 8.71. The summed E-state index contributed by atoms with van der Waals surface area (Å²) < 4.78 is 20.4. The lowest BCUT2D eigenvalue weighted by Crippen LogP contribution is -2.52. The molecule has 2 aromatic rings. The third-order valence-electron chi connectivity index (χ3n) is 6.11. The summed E-state index contributed by atoms with van der Waals surface area (Å²) in [5.74, 6) is -0.728. The van der Waals surface area contributed by atoms with Gasteiger partial charge in [0.15, 0.2) is 6.61 Å². The SMILES string of the molecule is CN(C)C(=O)COc1ccc(C(F)Cc2ccc3c(c2)CN(C2CCC(=O)NC2=O)C3=O)cc1. The molecule has 1 saturated heterocycles. The molecule has 2 aliphatic heterocycles. The number of imide groups is 1. The van der Waals surface area contributed by atoms with Crippen molar-refractivity contribution in [3.05, 3.63) is 64.7 Å². The molecule has 0 radical (unpaired) electrons. The number of piperidine rings is 1.